The number of rotatable bonds is 9. The Kier molecular flexibility index (Phi) is 7.14. The van der Waals surface area contributed by atoms with Gasteiger partial charge in [0, 0.05) is 18.4 Å². The fourth-order valence-electron chi connectivity index (χ4n) is 3.20. The molecule has 1 N–H and O–H groups in total. The number of ether oxygens (including phenoxy) is 3. The van der Waals surface area contributed by atoms with Crippen molar-refractivity contribution in [1.82, 2.24) is 14.8 Å². The van der Waals surface area contributed by atoms with Crippen LogP contribution in [0.4, 0.5) is 10.1 Å². The number of nitrogens with zero attached hydrogens (tertiary/aromatic N) is 3. The number of nitrogens with one attached hydrogen (secondary N) is 1. The summed E-state index contributed by atoms with van der Waals surface area (Å²) in [6.07, 6.45) is 0. The quantitative estimate of drug-likeness (QED) is 0.400. The molecule has 1 heterocycles. The first kappa shape index (κ1) is 22.9. The number of aromatic nitrogens is 3. The lowest BCUT2D eigenvalue weighted by molar-refractivity contribution is -0.119. The van der Waals surface area contributed by atoms with E-state index in [4.69, 9.17) is 14.2 Å². The summed E-state index contributed by atoms with van der Waals surface area (Å²) in [7, 11) is 3.07. The summed E-state index contributed by atoms with van der Waals surface area (Å²) in [6, 6.07) is 20.8. The van der Waals surface area contributed by atoms with Gasteiger partial charge in [0.1, 0.15) is 24.8 Å². The van der Waals surface area contributed by atoms with Gasteiger partial charge in [-0.25, -0.2) is 9.07 Å². The van der Waals surface area contributed by atoms with Crippen LogP contribution in [0.3, 0.4) is 0 Å². The van der Waals surface area contributed by atoms with Crippen molar-refractivity contribution in [3.63, 3.8) is 0 Å². The number of hydrogen-bond donors (Lipinski definition) is 1. The lowest BCUT2D eigenvalue weighted by Gasteiger charge is -2.08. The van der Waals surface area contributed by atoms with Crippen LogP contribution in [-0.4, -0.2) is 41.5 Å². The van der Waals surface area contributed by atoms with Crippen molar-refractivity contribution in [2.24, 2.45) is 0 Å². The Bertz CT molecular complexity index is 1240. The third kappa shape index (κ3) is 5.57. The maximum atomic E-state index is 13.2. The van der Waals surface area contributed by atoms with Crippen LogP contribution in [0.25, 0.3) is 17.1 Å². The van der Waals surface area contributed by atoms with Gasteiger partial charge in [0.15, 0.2) is 5.82 Å². The predicted octanol–water partition coefficient (Wildman–Crippen LogP) is 4.25. The van der Waals surface area contributed by atoms with Crippen molar-refractivity contribution < 1.29 is 23.4 Å². The number of anilines is 1. The minimum atomic E-state index is -0.310. The van der Waals surface area contributed by atoms with E-state index in [9.17, 15) is 9.18 Å². The first-order valence-corrected chi connectivity index (χ1v) is 10.4. The molecule has 1 aromatic heterocycles. The second kappa shape index (κ2) is 10.6. The fourth-order valence-corrected chi connectivity index (χ4v) is 3.20. The molecule has 8 nitrogen and oxygen atoms in total. The predicted molar refractivity (Wildman–Crippen MR) is 125 cm³/mol. The van der Waals surface area contributed by atoms with E-state index in [1.54, 1.807) is 36.1 Å². The molecule has 0 radical (unpaired) electrons. The van der Waals surface area contributed by atoms with E-state index in [0.717, 1.165) is 22.6 Å². The van der Waals surface area contributed by atoms with Crippen LogP contribution in [0.1, 0.15) is 5.56 Å². The zero-order chi connectivity index (χ0) is 23.9. The Morgan fingerprint density at radius 3 is 2.32 bits per heavy atom. The van der Waals surface area contributed by atoms with Crippen LogP contribution in [0.5, 0.6) is 11.8 Å². The molecule has 0 spiro atoms. The maximum absolute atomic E-state index is 13.2. The van der Waals surface area contributed by atoms with Crippen LogP contribution in [-0.2, 0) is 16.1 Å². The number of amides is 1. The molecule has 0 aliphatic carbocycles. The van der Waals surface area contributed by atoms with Gasteiger partial charge in [-0.3, -0.25) is 4.79 Å². The van der Waals surface area contributed by atoms with E-state index in [-0.39, 0.29) is 30.9 Å². The van der Waals surface area contributed by atoms with Crippen LogP contribution in [0.2, 0.25) is 0 Å². The van der Waals surface area contributed by atoms with E-state index in [1.165, 1.54) is 19.2 Å². The molecule has 0 fully saturated rings. The summed E-state index contributed by atoms with van der Waals surface area (Å²) in [6.45, 7) is 0.165. The second-order valence-corrected chi connectivity index (χ2v) is 7.30. The topological polar surface area (TPSA) is 87.5 Å². The summed E-state index contributed by atoms with van der Waals surface area (Å²) < 4.78 is 30.7. The summed E-state index contributed by atoms with van der Waals surface area (Å²) >= 11 is 0. The second-order valence-electron chi connectivity index (χ2n) is 7.30. The van der Waals surface area contributed by atoms with Gasteiger partial charge >= 0.3 is 6.01 Å². The summed E-state index contributed by atoms with van der Waals surface area (Å²) in [4.78, 5) is 16.3. The molecule has 9 heteroatoms. The van der Waals surface area contributed by atoms with E-state index < -0.39 is 0 Å². The van der Waals surface area contributed by atoms with Gasteiger partial charge in [-0.1, -0.05) is 12.1 Å². The van der Waals surface area contributed by atoms with E-state index >= 15 is 0 Å². The molecule has 0 saturated heterocycles. The highest BCUT2D eigenvalue weighted by molar-refractivity contribution is 5.91. The highest BCUT2D eigenvalue weighted by atomic mass is 19.1. The van der Waals surface area contributed by atoms with Crippen molar-refractivity contribution in [2.75, 3.05) is 26.1 Å². The Labute approximate surface area is 195 Å². The molecule has 0 saturated carbocycles. The maximum Gasteiger partial charge on any atom is 0.336 e. The van der Waals surface area contributed by atoms with E-state index in [1.807, 2.05) is 36.4 Å². The molecule has 1 amide bonds. The fraction of sp³-hybridized carbons (Fsp3) is 0.160. The van der Waals surface area contributed by atoms with Gasteiger partial charge in [-0.15, -0.1) is 5.10 Å². The third-order valence-corrected chi connectivity index (χ3v) is 4.89. The average molecular weight is 462 g/mol. The van der Waals surface area contributed by atoms with Gasteiger partial charge in [0.05, 0.1) is 12.8 Å². The number of hydrogen-bond acceptors (Lipinski definition) is 6. The van der Waals surface area contributed by atoms with E-state index in [0.29, 0.717) is 11.5 Å². The van der Waals surface area contributed by atoms with Gasteiger partial charge in [-0.05, 0) is 66.2 Å². The number of benzene rings is 3. The van der Waals surface area contributed by atoms with E-state index in [2.05, 4.69) is 15.4 Å². The van der Waals surface area contributed by atoms with Crippen molar-refractivity contribution in [3.8, 4) is 28.8 Å². The molecule has 0 aliphatic heterocycles. The number of carbonyl (C=O) groups is 1. The third-order valence-electron chi connectivity index (χ3n) is 4.89. The average Bonchev–Trinajstić information content (AvgIpc) is 3.29. The zero-order valence-electron chi connectivity index (χ0n) is 18.7. The lowest BCUT2D eigenvalue weighted by Crippen LogP contribution is -2.17. The molecular formula is C25H23FN4O4. The number of carbonyl (C=O) groups excluding carboxylic acids is 1. The van der Waals surface area contributed by atoms with Crippen LogP contribution >= 0.6 is 0 Å². The minimum absolute atomic E-state index is 0.0266. The minimum Gasteiger partial charge on any atom is -0.497 e. The zero-order valence-corrected chi connectivity index (χ0v) is 18.7. The molecule has 4 rings (SSSR count). The standard InChI is InChI=1S/C25H23FN4O4/c1-32-16-23(31)27-20-9-11-21(12-10-20)30-24(18-5-13-22(33-2)14-6-18)28-25(29-30)34-15-17-3-7-19(26)8-4-17/h3-14H,15-16H2,1-2H3,(H,27,31). The lowest BCUT2D eigenvalue weighted by atomic mass is 10.2. The first-order chi connectivity index (χ1) is 16.6. The Morgan fingerprint density at radius 2 is 1.68 bits per heavy atom. The Hall–Kier alpha value is -4.24. The van der Waals surface area contributed by atoms with Crippen molar-refractivity contribution in [2.45, 2.75) is 6.61 Å². The smallest absolute Gasteiger partial charge is 0.336 e. The normalized spacial score (nSPS) is 10.7. The first-order valence-electron chi connectivity index (χ1n) is 10.4. The van der Waals surface area contributed by atoms with Crippen molar-refractivity contribution >= 4 is 11.6 Å². The van der Waals surface area contributed by atoms with Gasteiger partial charge in [-0.2, -0.15) is 4.98 Å². The SMILES string of the molecule is COCC(=O)Nc1ccc(-n2nc(OCc3ccc(F)cc3)nc2-c2ccc(OC)cc2)cc1. The van der Waals surface area contributed by atoms with Crippen LogP contribution in [0, 0.1) is 5.82 Å². The van der Waals surface area contributed by atoms with Gasteiger partial charge < -0.3 is 19.5 Å². The van der Waals surface area contributed by atoms with Crippen LogP contribution < -0.4 is 14.8 Å². The summed E-state index contributed by atoms with van der Waals surface area (Å²) in [5.41, 5.74) is 2.95. The number of methoxy groups -OCH3 is 2. The molecule has 0 unspecified atom stereocenters. The van der Waals surface area contributed by atoms with Crippen molar-refractivity contribution in [1.29, 1.82) is 0 Å². The van der Waals surface area contributed by atoms with Crippen molar-refractivity contribution in [3.05, 3.63) is 84.2 Å². The molecule has 34 heavy (non-hydrogen) atoms. The molecule has 0 aliphatic rings. The summed E-state index contributed by atoms with van der Waals surface area (Å²) in [5.74, 6) is 0.730. The molecular weight excluding hydrogens is 439 g/mol. The largest absolute Gasteiger partial charge is 0.497 e. The highest BCUT2D eigenvalue weighted by Crippen LogP contribution is 2.26. The molecule has 0 atom stereocenters. The summed E-state index contributed by atoms with van der Waals surface area (Å²) in [5, 5.41) is 7.28. The Balaban J connectivity index is 1.62. The molecule has 3 aromatic carbocycles. The van der Waals surface area contributed by atoms with Gasteiger partial charge in [0.25, 0.3) is 0 Å². The number of halogens is 1. The highest BCUT2D eigenvalue weighted by Gasteiger charge is 2.15. The van der Waals surface area contributed by atoms with Crippen LogP contribution in [0.15, 0.2) is 72.8 Å². The molecule has 174 valence electrons. The van der Waals surface area contributed by atoms with Gasteiger partial charge in [0.2, 0.25) is 5.91 Å². The monoisotopic (exact) mass is 462 g/mol. The molecule has 4 aromatic rings. The molecule has 0 bridgehead atoms. The Morgan fingerprint density at radius 1 is 0.971 bits per heavy atom.